The Bertz CT molecular complexity index is 1360. The summed E-state index contributed by atoms with van der Waals surface area (Å²) in [7, 11) is 0. The molecule has 4 rings (SSSR count). The minimum atomic E-state index is 1.23. The van der Waals surface area contributed by atoms with E-state index >= 15 is 0 Å². The van der Waals surface area contributed by atoms with Gasteiger partial charge in [-0.05, 0) is 87.1 Å². The lowest BCUT2D eigenvalue weighted by molar-refractivity contribution is 0.556. The van der Waals surface area contributed by atoms with Gasteiger partial charge in [0.1, 0.15) is 0 Å². The van der Waals surface area contributed by atoms with Crippen molar-refractivity contribution in [2.75, 3.05) is 0 Å². The van der Waals surface area contributed by atoms with Gasteiger partial charge in [0.05, 0.1) is 0 Å². The van der Waals surface area contributed by atoms with Gasteiger partial charge in [-0.1, -0.05) is 129 Å². The first-order chi connectivity index (χ1) is 22.6. The molecule has 0 unspecified atom stereocenters. The van der Waals surface area contributed by atoms with Gasteiger partial charge in [0.2, 0.25) is 0 Å². The summed E-state index contributed by atoms with van der Waals surface area (Å²) in [6.45, 7) is 9.22. The zero-order valence-corrected chi connectivity index (χ0v) is 32.9. The van der Waals surface area contributed by atoms with Crippen LogP contribution in [0.15, 0.2) is 36.4 Å². The average molecular weight is 695 g/mol. The van der Waals surface area contributed by atoms with Gasteiger partial charge in [0, 0.05) is 39.0 Å². The molecule has 0 fully saturated rings. The van der Waals surface area contributed by atoms with E-state index in [9.17, 15) is 0 Å². The Hall–Kier alpha value is -1.20. The number of unbranched alkanes of at least 4 members (excludes halogenated alkanes) is 18. The Morgan fingerprint density at radius 1 is 0.391 bits per heavy atom. The average Bonchev–Trinajstić information content (AvgIpc) is 3.86. The summed E-state index contributed by atoms with van der Waals surface area (Å²) in [6.07, 6.45) is 30.6. The summed E-state index contributed by atoms with van der Waals surface area (Å²) >= 11 is 7.96. The Morgan fingerprint density at radius 3 is 1.33 bits per heavy atom. The number of hydrogen-bond acceptors (Lipinski definition) is 4. The van der Waals surface area contributed by atoms with E-state index in [0.717, 1.165) is 0 Å². The molecule has 4 heterocycles. The van der Waals surface area contributed by atoms with Crippen molar-refractivity contribution in [2.45, 2.75) is 169 Å². The number of thiophene rings is 4. The molecule has 0 atom stereocenters. The lowest BCUT2D eigenvalue weighted by Gasteiger charge is -2.04. The molecule has 4 aromatic heterocycles. The molecule has 0 aliphatic heterocycles. The molecule has 0 bridgehead atoms. The Morgan fingerprint density at radius 2 is 0.804 bits per heavy atom. The molecule has 0 aromatic carbocycles. The molecular formula is C42H62S4. The number of hydrogen-bond donors (Lipinski definition) is 0. The van der Waals surface area contributed by atoms with Gasteiger partial charge in [-0.25, -0.2) is 0 Å². The molecule has 0 aliphatic rings. The van der Waals surface area contributed by atoms with E-state index in [2.05, 4.69) is 64.1 Å². The topological polar surface area (TPSA) is 0 Å². The lowest BCUT2D eigenvalue weighted by Crippen LogP contribution is -1.86. The fraction of sp³-hybridized carbons (Fsp3) is 0.619. The van der Waals surface area contributed by atoms with Gasteiger partial charge in [0.15, 0.2) is 0 Å². The van der Waals surface area contributed by atoms with E-state index in [1.54, 1.807) is 11.1 Å². The van der Waals surface area contributed by atoms with Crippen LogP contribution in [0.5, 0.6) is 0 Å². The van der Waals surface area contributed by atoms with Gasteiger partial charge in [0.25, 0.3) is 0 Å². The molecule has 254 valence electrons. The van der Waals surface area contributed by atoms with Crippen LogP contribution in [0, 0.1) is 13.8 Å². The van der Waals surface area contributed by atoms with Crippen molar-refractivity contribution in [2.24, 2.45) is 0 Å². The summed E-state index contributed by atoms with van der Waals surface area (Å²) in [5.41, 5.74) is 3.15. The third-order valence-electron chi connectivity index (χ3n) is 9.47. The zero-order valence-electron chi connectivity index (χ0n) is 29.7. The van der Waals surface area contributed by atoms with E-state index < -0.39 is 0 Å². The first-order valence-electron chi connectivity index (χ1n) is 19.0. The van der Waals surface area contributed by atoms with Crippen molar-refractivity contribution in [3.63, 3.8) is 0 Å². The van der Waals surface area contributed by atoms with Crippen molar-refractivity contribution < 1.29 is 0 Å². The van der Waals surface area contributed by atoms with Crippen LogP contribution in [0.2, 0.25) is 0 Å². The van der Waals surface area contributed by atoms with Crippen LogP contribution in [0.1, 0.15) is 163 Å². The maximum Gasteiger partial charge on any atom is 0.0477 e. The van der Waals surface area contributed by atoms with E-state index in [-0.39, 0.29) is 0 Å². The Balaban J connectivity index is 1.22. The van der Waals surface area contributed by atoms with Crippen LogP contribution in [0.3, 0.4) is 0 Å². The molecule has 0 aliphatic carbocycles. The third kappa shape index (κ3) is 12.7. The highest BCUT2D eigenvalue weighted by Crippen LogP contribution is 2.44. The standard InChI is InChI=1S/C42H62S4/c1-5-7-9-11-13-15-17-19-21-23-25-35-32-41(44-34(35)4)39-28-27-37(45-39)38-29-30-40(46-38)42-36(31-33(3)43-42)26-24-22-20-18-16-14-12-10-8-6-2/h27-32H,5-26H2,1-4H3. The summed E-state index contributed by atoms with van der Waals surface area (Å²) < 4.78 is 0. The normalized spacial score (nSPS) is 11.7. The monoisotopic (exact) mass is 694 g/mol. The largest absolute Gasteiger partial charge is 0.139 e. The second kappa shape index (κ2) is 21.7. The third-order valence-corrected chi connectivity index (χ3v) is 14.4. The van der Waals surface area contributed by atoms with E-state index in [1.807, 2.05) is 45.3 Å². The molecule has 0 nitrogen and oxygen atoms in total. The Labute approximate surface area is 299 Å². The minimum absolute atomic E-state index is 1.23. The van der Waals surface area contributed by atoms with Crippen LogP contribution in [0.4, 0.5) is 0 Å². The molecule has 4 aromatic rings. The van der Waals surface area contributed by atoms with Crippen LogP contribution in [-0.4, -0.2) is 0 Å². The molecule has 0 spiro atoms. The molecule has 0 N–H and O–H groups in total. The van der Waals surface area contributed by atoms with E-state index in [0.29, 0.717) is 0 Å². The summed E-state index contributed by atoms with van der Waals surface area (Å²) in [6, 6.07) is 14.4. The van der Waals surface area contributed by atoms with Crippen LogP contribution < -0.4 is 0 Å². The van der Waals surface area contributed by atoms with Gasteiger partial charge < -0.3 is 0 Å². The maximum absolute atomic E-state index is 2.50. The first kappa shape index (κ1) is 37.6. The molecule has 0 radical (unpaired) electrons. The number of aryl methyl sites for hydroxylation is 4. The predicted octanol–water partition coefficient (Wildman–Crippen LogP) is 16.5. The SMILES string of the molecule is CCCCCCCCCCCCc1cc(-c2ccc(-c3ccc(-c4sc(C)cc4CCCCCCCCCCCC)s3)s2)sc1C. The van der Waals surface area contributed by atoms with Gasteiger partial charge >= 0.3 is 0 Å². The van der Waals surface area contributed by atoms with Crippen LogP contribution in [-0.2, 0) is 12.8 Å². The van der Waals surface area contributed by atoms with E-state index in [4.69, 9.17) is 0 Å². The highest BCUT2D eigenvalue weighted by atomic mass is 32.1. The quantitative estimate of drug-likeness (QED) is 0.0606. The van der Waals surface area contributed by atoms with Crippen LogP contribution in [0.25, 0.3) is 29.3 Å². The van der Waals surface area contributed by atoms with Gasteiger partial charge in [-0.3, -0.25) is 0 Å². The molecule has 0 saturated heterocycles. The van der Waals surface area contributed by atoms with Crippen LogP contribution >= 0.6 is 45.3 Å². The summed E-state index contributed by atoms with van der Waals surface area (Å²) in [4.78, 5) is 11.7. The molecule has 4 heteroatoms. The Kier molecular flexibility index (Phi) is 17.7. The van der Waals surface area contributed by atoms with Crippen molar-refractivity contribution in [3.8, 4) is 29.3 Å². The lowest BCUT2D eigenvalue weighted by atomic mass is 10.0. The summed E-state index contributed by atoms with van der Waals surface area (Å²) in [5.74, 6) is 0. The van der Waals surface area contributed by atoms with Crippen molar-refractivity contribution in [1.29, 1.82) is 0 Å². The minimum Gasteiger partial charge on any atom is -0.139 e. The second-order valence-electron chi connectivity index (χ2n) is 13.6. The van der Waals surface area contributed by atoms with E-state index in [1.165, 1.54) is 180 Å². The molecular weight excluding hydrogens is 633 g/mol. The molecule has 46 heavy (non-hydrogen) atoms. The smallest absolute Gasteiger partial charge is 0.0477 e. The second-order valence-corrected chi connectivity index (χ2v) is 18.3. The fourth-order valence-electron chi connectivity index (χ4n) is 6.65. The highest BCUT2D eigenvalue weighted by Gasteiger charge is 2.15. The molecule has 0 saturated carbocycles. The zero-order chi connectivity index (χ0) is 32.4. The molecule has 0 amide bonds. The van der Waals surface area contributed by atoms with Crippen molar-refractivity contribution in [1.82, 2.24) is 0 Å². The summed E-state index contributed by atoms with van der Waals surface area (Å²) in [5, 5.41) is 0. The van der Waals surface area contributed by atoms with Gasteiger partial charge in [-0.2, -0.15) is 0 Å². The predicted molar refractivity (Wildman–Crippen MR) is 215 cm³/mol. The highest BCUT2D eigenvalue weighted by molar-refractivity contribution is 7.28. The van der Waals surface area contributed by atoms with Crippen molar-refractivity contribution in [3.05, 3.63) is 57.3 Å². The number of rotatable bonds is 25. The fourth-order valence-corrected chi connectivity index (χ4v) is 11.1. The first-order valence-corrected chi connectivity index (χ1v) is 22.2. The maximum atomic E-state index is 2.50. The van der Waals surface area contributed by atoms with Crippen molar-refractivity contribution >= 4 is 45.3 Å². The van der Waals surface area contributed by atoms with Gasteiger partial charge in [-0.15, -0.1) is 45.3 Å².